The van der Waals surface area contributed by atoms with Crippen LogP contribution < -0.4 is 0 Å². The zero-order valence-corrected chi connectivity index (χ0v) is 7.87. The Labute approximate surface area is 74.4 Å². The number of pyridine rings is 1. The predicted octanol–water partition coefficient (Wildman–Crippen LogP) is 1.94. The maximum atomic E-state index is 8.84. The molecular formula is C8H10BrNO. The summed E-state index contributed by atoms with van der Waals surface area (Å²) in [5, 5.41) is 8.84. The van der Waals surface area contributed by atoms with Gasteiger partial charge in [0.1, 0.15) is 0 Å². The summed E-state index contributed by atoms with van der Waals surface area (Å²) in [6.07, 6.45) is 3.50. The third-order valence-corrected chi connectivity index (χ3v) is 2.00. The van der Waals surface area contributed by atoms with Crippen LogP contribution in [0.15, 0.2) is 22.9 Å². The molecule has 0 saturated carbocycles. The monoisotopic (exact) mass is 215 g/mol. The molecule has 1 aromatic heterocycles. The molecule has 1 unspecified atom stereocenters. The molecular weight excluding hydrogens is 206 g/mol. The largest absolute Gasteiger partial charge is 0.396 e. The first-order valence-corrected chi connectivity index (χ1v) is 4.24. The Balaban J connectivity index is 2.86. The molecule has 60 valence electrons. The molecule has 0 radical (unpaired) electrons. The number of hydrogen-bond donors (Lipinski definition) is 1. The van der Waals surface area contributed by atoms with Crippen LogP contribution in [0.4, 0.5) is 0 Å². The molecule has 0 aliphatic carbocycles. The Kier molecular flexibility index (Phi) is 3.02. The van der Waals surface area contributed by atoms with E-state index in [1.807, 2.05) is 13.0 Å². The van der Waals surface area contributed by atoms with Crippen LogP contribution in [0.2, 0.25) is 0 Å². The maximum Gasteiger partial charge on any atom is 0.0497 e. The van der Waals surface area contributed by atoms with Gasteiger partial charge < -0.3 is 5.11 Å². The summed E-state index contributed by atoms with van der Waals surface area (Å²) >= 11 is 3.32. The summed E-state index contributed by atoms with van der Waals surface area (Å²) in [4.78, 5) is 4.00. The molecule has 1 heterocycles. The highest BCUT2D eigenvalue weighted by atomic mass is 79.9. The SMILES string of the molecule is CC(CO)c1cncc(Br)c1. The van der Waals surface area contributed by atoms with Crippen molar-refractivity contribution in [3.05, 3.63) is 28.5 Å². The van der Waals surface area contributed by atoms with Crippen molar-refractivity contribution in [3.8, 4) is 0 Å². The van der Waals surface area contributed by atoms with Gasteiger partial charge in [-0.1, -0.05) is 6.92 Å². The average molecular weight is 216 g/mol. The molecule has 0 saturated heterocycles. The summed E-state index contributed by atoms with van der Waals surface area (Å²) in [6, 6.07) is 1.97. The lowest BCUT2D eigenvalue weighted by Gasteiger charge is -2.06. The molecule has 1 rings (SSSR count). The molecule has 0 spiro atoms. The number of rotatable bonds is 2. The Bertz CT molecular complexity index is 239. The van der Waals surface area contributed by atoms with E-state index in [9.17, 15) is 0 Å². The molecule has 2 nitrogen and oxygen atoms in total. The van der Waals surface area contributed by atoms with Crippen molar-refractivity contribution in [2.24, 2.45) is 0 Å². The van der Waals surface area contributed by atoms with Crippen LogP contribution >= 0.6 is 15.9 Å². The van der Waals surface area contributed by atoms with Crippen LogP contribution in [-0.2, 0) is 0 Å². The van der Waals surface area contributed by atoms with Crippen molar-refractivity contribution in [2.75, 3.05) is 6.61 Å². The van der Waals surface area contributed by atoms with Crippen molar-refractivity contribution >= 4 is 15.9 Å². The number of aliphatic hydroxyl groups excluding tert-OH is 1. The third kappa shape index (κ3) is 2.27. The average Bonchev–Trinajstić information content (AvgIpc) is 2.03. The summed E-state index contributed by atoms with van der Waals surface area (Å²) in [7, 11) is 0. The van der Waals surface area contributed by atoms with Gasteiger partial charge in [0, 0.05) is 29.4 Å². The smallest absolute Gasteiger partial charge is 0.0497 e. The summed E-state index contributed by atoms with van der Waals surface area (Å²) in [5.41, 5.74) is 1.06. The van der Waals surface area contributed by atoms with Gasteiger partial charge in [0.2, 0.25) is 0 Å². The zero-order valence-electron chi connectivity index (χ0n) is 6.29. The van der Waals surface area contributed by atoms with Crippen LogP contribution in [0.5, 0.6) is 0 Å². The number of aliphatic hydroxyl groups is 1. The van der Waals surface area contributed by atoms with Crippen LogP contribution in [0.25, 0.3) is 0 Å². The fraction of sp³-hybridized carbons (Fsp3) is 0.375. The van der Waals surface area contributed by atoms with Gasteiger partial charge in [-0.3, -0.25) is 4.98 Å². The Morgan fingerprint density at radius 1 is 1.64 bits per heavy atom. The second kappa shape index (κ2) is 3.83. The minimum atomic E-state index is 0.165. The second-order valence-corrected chi connectivity index (χ2v) is 3.44. The molecule has 11 heavy (non-hydrogen) atoms. The van der Waals surface area contributed by atoms with Crippen molar-refractivity contribution in [3.63, 3.8) is 0 Å². The number of aromatic nitrogens is 1. The topological polar surface area (TPSA) is 33.1 Å². The van der Waals surface area contributed by atoms with Crippen molar-refractivity contribution in [1.82, 2.24) is 4.98 Å². The van der Waals surface area contributed by atoms with Gasteiger partial charge in [0.05, 0.1) is 0 Å². The van der Waals surface area contributed by atoms with Crippen LogP contribution in [-0.4, -0.2) is 16.7 Å². The van der Waals surface area contributed by atoms with Gasteiger partial charge in [-0.15, -0.1) is 0 Å². The summed E-state index contributed by atoms with van der Waals surface area (Å²) in [5.74, 6) is 0.167. The van der Waals surface area contributed by atoms with Crippen LogP contribution in [0.1, 0.15) is 18.4 Å². The van der Waals surface area contributed by atoms with Gasteiger partial charge in [0.15, 0.2) is 0 Å². The van der Waals surface area contributed by atoms with Crippen molar-refractivity contribution < 1.29 is 5.11 Å². The number of halogens is 1. The van der Waals surface area contributed by atoms with Crippen LogP contribution in [0.3, 0.4) is 0 Å². The first-order chi connectivity index (χ1) is 5.24. The third-order valence-electron chi connectivity index (χ3n) is 1.57. The molecule has 3 heteroatoms. The van der Waals surface area contributed by atoms with Gasteiger partial charge in [-0.05, 0) is 27.6 Å². The minimum absolute atomic E-state index is 0.165. The molecule has 1 atom stereocenters. The molecule has 0 aliphatic rings. The minimum Gasteiger partial charge on any atom is -0.396 e. The van der Waals surface area contributed by atoms with E-state index in [0.717, 1.165) is 10.0 Å². The number of nitrogens with zero attached hydrogens (tertiary/aromatic N) is 1. The lowest BCUT2D eigenvalue weighted by atomic mass is 10.1. The number of hydrogen-bond acceptors (Lipinski definition) is 2. The Hall–Kier alpha value is -0.410. The van der Waals surface area contributed by atoms with E-state index in [-0.39, 0.29) is 12.5 Å². The van der Waals surface area contributed by atoms with E-state index < -0.39 is 0 Å². The molecule has 1 N–H and O–H groups in total. The van der Waals surface area contributed by atoms with Crippen molar-refractivity contribution in [2.45, 2.75) is 12.8 Å². The summed E-state index contributed by atoms with van der Waals surface area (Å²) < 4.78 is 0.954. The highest BCUT2D eigenvalue weighted by Crippen LogP contribution is 2.17. The predicted molar refractivity (Wildman–Crippen MR) is 47.4 cm³/mol. The molecule has 0 amide bonds. The van der Waals surface area contributed by atoms with E-state index >= 15 is 0 Å². The van der Waals surface area contributed by atoms with Crippen LogP contribution in [0, 0.1) is 0 Å². The Morgan fingerprint density at radius 3 is 2.91 bits per heavy atom. The molecule has 0 bridgehead atoms. The molecule has 1 aromatic rings. The quantitative estimate of drug-likeness (QED) is 0.819. The first-order valence-electron chi connectivity index (χ1n) is 3.45. The van der Waals surface area contributed by atoms with E-state index in [0.29, 0.717) is 0 Å². The van der Waals surface area contributed by atoms with E-state index in [2.05, 4.69) is 20.9 Å². The van der Waals surface area contributed by atoms with Gasteiger partial charge >= 0.3 is 0 Å². The highest BCUT2D eigenvalue weighted by Gasteiger charge is 2.03. The molecule has 0 fully saturated rings. The second-order valence-electron chi connectivity index (χ2n) is 2.52. The van der Waals surface area contributed by atoms with Crippen molar-refractivity contribution in [1.29, 1.82) is 0 Å². The summed E-state index contributed by atoms with van der Waals surface area (Å²) in [6.45, 7) is 2.13. The highest BCUT2D eigenvalue weighted by molar-refractivity contribution is 9.10. The standard InChI is InChI=1S/C8H10BrNO/c1-6(5-11)7-2-8(9)4-10-3-7/h2-4,6,11H,5H2,1H3. The van der Waals surface area contributed by atoms with Gasteiger partial charge in [-0.25, -0.2) is 0 Å². The molecule has 0 aromatic carbocycles. The van der Waals surface area contributed by atoms with Gasteiger partial charge in [0.25, 0.3) is 0 Å². The zero-order chi connectivity index (χ0) is 8.27. The first kappa shape index (κ1) is 8.68. The lowest BCUT2D eigenvalue weighted by molar-refractivity contribution is 0.273. The fourth-order valence-corrected chi connectivity index (χ4v) is 1.19. The van der Waals surface area contributed by atoms with E-state index in [1.165, 1.54) is 0 Å². The normalized spacial score (nSPS) is 13.0. The fourth-order valence-electron chi connectivity index (χ4n) is 0.803. The van der Waals surface area contributed by atoms with E-state index in [4.69, 9.17) is 5.11 Å². The molecule has 0 aliphatic heterocycles. The van der Waals surface area contributed by atoms with E-state index in [1.54, 1.807) is 12.4 Å². The Morgan fingerprint density at radius 2 is 2.36 bits per heavy atom. The lowest BCUT2D eigenvalue weighted by Crippen LogP contribution is -1.98. The van der Waals surface area contributed by atoms with Gasteiger partial charge in [-0.2, -0.15) is 0 Å². The maximum absolute atomic E-state index is 8.84.